The van der Waals surface area contributed by atoms with Gasteiger partial charge in [-0.05, 0) is 42.3 Å². The molecular weight excluding hydrogens is 450 g/mol. The highest BCUT2D eigenvalue weighted by Crippen LogP contribution is 2.43. The molecule has 0 saturated heterocycles. The largest absolute Gasteiger partial charge is 0.490 e. The van der Waals surface area contributed by atoms with Crippen molar-refractivity contribution in [3.05, 3.63) is 88.2 Å². The van der Waals surface area contributed by atoms with Crippen LogP contribution in [0.2, 0.25) is 0 Å². The zero-order valence-electron chi connectivity index (χ0n) is 16.8. The number of nitrogen functional groups attached to an aromatic ring is 1. The highest BCUT2D eigenvalue weighted by Gasteiger charge is 2.39. The van der Waals surface area contributed by atoms with E-state index in [4.69, 9.17) is 10.5 Å². The predicted octanol–water partition coefficient (Wildman–Crippen LogP) is 5.87. The molecule has 0 aliphatic carbocycles. The van der Waals surface area contributed by atoms with Gasteiger partial charge in [-0.1, -0.05) is 18.2 Å². The Morgan fingerprint density at radius 3 is 2.45 bits per heavy atom. The van der Waals surface area contributed by atoms with E-state index >= 15 is 4.39 Å². The third kappa shape index (κ3) is 4.20. The Hall–Kier alpha value is -3.69. The van der Waals surface area contributed by atoms with E-state index in [0.29, 0.717) is 6.07 Å². The summed E-state index contributed by atoms with van der Waals surface area (Å²) in [7, 11) is 0. The number of nitrogens with two attached hydrogens (primary N) is 1. The lowest BCUT2D eigenvalue weighted by molar-refractivity contribution is -0.140. The Morgan fingerprint density at radius 1 is 1.00 bits per heavy atom. The summed E-state index contributed by atoms with van der Waals surface area (Å²) in [5.41, 5.74) is 2.84. The SMILES string of the molecule is Nc1cc(NC(=O)c2c(C3CCOc4c(F)cccc43)ccc(C(F)(F)F)c2F)ccc1F. The van der Waals surface area contributed by atoms with Crippen LogP contribution in [0.25, 0.3) is 0 Å². The van der Waals surface area contributed by atoms with E-state index in [2.05, 4.69) is 5.32 Å². The number of carbonyl (C=O) groups excluding carboxylic acids is 1. The lowest BCUT2D eigenvalue weighted by Gasteiger charge is -2.28. The molecule has 1 amide bonds. The van der Waals surface area contributed by atoms with Crippen LogP contribution in [0.4, 0.5) is 37.7 Å². The standard InChI is InChI=1S/C23H16F6N2O2/c24-16-7-4-11(10-18(16)30)31-22(32)19-13(5-6-15(20(19)26)23(27,28)29)12-8-9-33-21-14(12)2-1-3-17(21)25/h1-7,10,12H,8-9,30H2,(H,31,32). The molecule has 4 rings (SSSR count). The van der Waals surface area contributed by atoms with E-state index in [-0.39, 0.29) is 41.3 Å². The van der Waals surface area contributed by atoms with E-state index in [0.717, 1.165) is 30.3 Å². The van der Waals surface area contributed by atoms with Gasteiger partial charge in [0.1, 0.15) is 11.6 Å². The molecule has 33 heavy (non-hydrogen) atoms. The molecule has 0 spiro atoms. The van der Waals surface area contributed by atoms with Gasteiger partial charge in [0.15, 0.2) is 11.6 Å². The molecule has 3 N–H and O–H groups in total. The number of hydrogen-bond donors (Lipinski definition) is 2. The summed E-state index contributed by atoms with van der Waals surface area (Å²) in [5, 5.41) is 2.26. The maximum absolute atomic E-state index is 15.2. The van der Waals surface area contributed by atoms with Crippen LogP contribution >= 0.6 is 0 Å². The molecule has 4 nitrogen and oxygen atoms in total. The van der Waals surface area contributed by atoms with Gasteiger partial charge in [0.2, 0.25) is 0 Å². The number of alkyl halides is 3. The third-order valence-corrected chi connectivity index (χ3v) is 5.36. The first kappa shape index (κ1) is 22.5. The van der Waals surface area contributed by atoms with Gasteiger partial charge in [-0.3, -0.25) is 4.79 Å². The fraction of sp³-hybridized carbons (Fsp3) is 0.174. The average molecular weight is 466 g/mol. The summed E-state index contributed by atoms with van der Waals surface area (Å²) >= 11 is 0. The van der Waals surface area contributed by atoms with Crippen molar-refractivity contribution in [1.82, 2.24) is 0 Å². The number of fused-ring (bicyclic) bond motifs is 1. The monoisotopic (exact) mass is 466 g/mol. The van der Waals surface area contributed by atoms with Crippen molar-refractivity contribution >= 4 is 17.3 Å². The maximum Gasteiger partial charge on any atom is 0.419 e. The van der Waals surface area contributed by atoms with Crippen molar-refractivity contribution in [2.24, 2.45) is 0 Å². The molecule has 3 aromatic rings. The summed E-state index contributed by atoms with van der Waals surface area (Å²) in [6.45, 7) is 0.0107. The molecule has 10 heteroatoms. The average Bonchev–Trinajstić information content (AvgIpc) is 2.75. The number of anilines is 2. The smallest absolute Gasteiger partial charge is 0.419 e. The second-order valence-corrected chi connectivity index (χ2v) is 7.43. The van der Waals surface area contributed by atoms with Crippen LogP contribution in [0, 0.1) is 17.5 Å². The minimum Gasteiger partial charge on any atom is -0.490 e. The summed E-state index contributed by atoms with van der Waals surface area (Å²) in [6.07, 6.45) is -4.89. The molecule has 1 unspecified atom stereocenters. The zero-order chi connectivity index (χ0) is 23.9. The van der Waals surface area contributed by atoms with Gasteiger partial charge in [-0.15, -0.1) is 0 Å². The Bertz CT molecular complexity index is 1240. The first-order chi connectivity index (χ1) is 15.6. The van der Waals surface area contributed by atoms with Gasteiger partial charge in [0, 0.05) is 17.2 Å². The van der Waals surface area contributed by atoms with E-state index in [1.165, 1.54) is 12.1 Å². The van der Waals surface area contributed by atoms with E-state index in [1.54, 1.807) is 0 Å². The Labute approximate surface area is 184 Å². The van der Waals surface area contributed by atoms with Crippen LogP contribution in [0.15, 0.2) is 48.5 Å². The molecule has 1 aliphatic rings. The van der Waals surface area contributed by atoms with Gasteiger partial charge < -0.3 is 15.8 Å². The maximum atomic E-state index is 15.2. The van der Waals surface area contributed by atoms with Gasteiger partial charge in [0.25, 0.3) is 5.91 Å². The van der Waals surface area contributed by atoms with E-state index in [9.17, 15) is 26.7 Å². The highest BCUT2D eigenvalue weighted by molar-refractivity contribution is 6.06. The first-order valence-corrected chi connectivity index (χ1v) is 9.75. The molecule has 1 heterocycles. The quantitative estimate of drug-likeness (QED) is 0.375. The van der Waals surface area contributed by atoms with Crippen molar-refractivity contribution in [3.63, 3.8) is 0 Å². The minimum atomic E-state index is -5.06. The van der Waals surface area contributed by atoms with Crippen molar-refractivity contribution in [2.75, 3.05) is 17.7 Å². The van der Waals surface area contributed by atoms with Crippen LogP contribution in [0.5, 0.6) is 5.75 Å². The van der Waals surface area contributed by atoms with Crippen molar-refractivity contribution < 1.29 is 35.9 Å². The lowest BCUT2D eigenvalue weighted by Crippen LogP contribution is -2.24. The fourth-order valence-corrected chi connectivity index (χ4v) is 3.86. The van der Waals surface area contributed by atoms with Gasteiger partial charge >= 0.3 is 6.18 Å². The molecule has 0 radical (unpaired) electrons. The molecule has 0 aromatic heterocycles. The normalized spacial score (nSPS) is 15.5. The third-order valence-electron chi connectivity index (χ3n) is 5.36. The summed E-state index contributed by atoms with van der Waals surface area (Å²) in [4.78, 5) is 13.0. The second kappa shape index (κ2) is 8.34. The molecule has 172 valence electrons. The van der Waals surface area contributed by atoms with Gasteiger partial charge in [-0.2, -0.15) is 13.2 Å². The fourth-order valence-electron chi connectivity index (χ4n) is 3.86. The van der Waals surface area contributed by atoms with Crippen LogP contribution < -0.4 is 15.8 Å². The van der Waals surface area contributed by atoms with Gasteiger partial charge in [0.05, 0.1) is 23.4 Å². The first-order valence-electron chi connectivity index (χ1n) is 9.75. The number of rotatable bonds is 3. The molecule has 0 bridgehead atoms. The number of amides is 1. The number of para-hydroxylation sites is 1. The molecular formula is C23H16F6N2O2. The predicted molar refractivity (Wildman–Crippen MR) is 109 cm³/mol. The van der Waals surface area contributed by atoms with Crippen molar-refractivity contribution in [1.29, 1.82) is 0 Å². The molecule has 3 aromatic carbocycles. The number of carbonyl (C=O) groups is 1. The number of ether oxygens (including phenoxy) is 1. The molecule has 1 aliphatic heterocycles. The zero-order valence-corrected chi connectivity index (χ0v) is 16.8. The topological polar surface area (TPSA) is 64.3 Å². The summed E-state index contributed by atoms with van der Waals surface area (Å²) in [6, 6.07) is 8.73. The molecule has 0 saturated carbocycles. The van der Waals surface area contributed by atoms with Crippen molar-refractivity contribution in [2.45, 2.75) is 18.5 Å². The lowest BCUT2D eigenvalue weighted by atomic mass is 9.83. The number of hydrogen-bond acceptors (Lipinski definition) is 3. The number of nitrogens with one attached hydrogen (secondary N) is 1. The second-order valence-electron chi connectivity index (χ2n) is 7.43. The summed E-state index contributed by atoms with van der Waals surface area (Å²) < 4.78 is 88.3. The minimum absolute atomic E-state index is 0.0107. The highest BCUT2D eigenvalue weighted by atomic mass is 19.4. The Morgan fingerprint density at radius 2 is 1.76 bits per heavy atom. The Kier molecular flexibility index (Phi) is 5.69. The van der Waals surface area contributed by atoms with E-state index < -0.39 is 46.6 Å². The van der Waals surface area contributed by atoms with E-state index in [1.807, 2.05) is 0 Å². The van der Waals surface area contributed by atoms with Crippen LogP contribution in [0.1, 0.15) is 39.4 Å². The number of halogens is 6. The number of benzene rings is 3. The van der Waals surface area contributed by atoms with Crippen LogP contribution in [-0.4, -0.2) is 12.5 Å². The van der Waals surface area contributed by atoms with Gasteiger partial charge in [-0.25, -0.2) is 13.2 Å². The van der Waals surface area contributed by atoms with Crippen molar-refractivity contribution in [3.8, 4) is 5.75 Å². The Balaban J connectivity index is 1.85. The molecule has 0 fully saturated rings. The molecule has 1 atom stereocenters. The van der Waals surface area contributed by atoms with Crippen LogP contribution in [0.3, 0.4) is 0 Å². The van der Waals surface area contributed by atoms with Crippen LogP contribution in [-0.2, 0) is 6.18 Å². The summed E-state index contributed by atoms with van der Waals surface area (Å²) in [5.74, 6) is -5.31.